The van der Waals surface area contributed by atoms with Crippen LogP contribution in [0.3, 0.4) is 0 Å². The molecule has 17 heavy (non-hydrogen) atoms. The Kier molecular flexibility index (Phi) is 3.64. The first-order chi connectivity index (χ1) is 8.22. The topological polar surface area (TPSA) is 61.6 Å². The lowest BCUT2D eigenvalue weighted by Crippen LogP contribution is -2.20. The van der Waals surface area contributed by atoms with Crippen LogP contribution in [0.25, 0.3) is 0 Å². The van der Waals surface area contributed by atoms with Crippen LogP contribution < -0.4 is 15.2 Å². The van der Waals surface area contributed by atoms with Gasteiger partial charge in [-0.15, -0.1) is 0 Å². The fourth-order valence-electron chi connectivity index (χ4n) is 1.71. The van der Waals surface area contributed by atoms with E-state index in [-0.39, 0.29) is 11.7 Å². The Morgan fingerprint density at radius 1 is 1.35 bits per heavy atom. The van der Waals surface area contributed by atoms with E-state index in [1.807, 2.05) is 6.92 Å². The van der Waals surface area contributed by atoms with Gasteiger partial charge in [-0.1, -0.05) is 6.92 Å². The Bertz CT molecular complexity index is 417. The largest absolute Gasteiger partial charge is 0.490 e. The van der Waals surface area contributed by atoms with Gasteiger partial charge in [0.15, 0.2) is 17.3 Å². The van der Waals surface area contributed by atoms with Gasteiger partial charge in [-0.05, 0) is 18.2 Å². The predicted molar refractivity (Wildman–Crippen MR) is 64.6 cm³/mol. The van der Waals surface area contributed by atoms with Crippen molar-refractivity contribution in [1.82, 2.24) is 0 Å². The molecule has 1 unspecified atom stereocenters. The highest BCUT2D eigenvalue weighted by atomic mass is 16.5. The highest BCUT2D eigenvalue weighted by Crippen LogP contribution is 2.31. The minimum Gasteiger partial charge on any atom is -0.490 e. The number of Topliss-reactive ketones (excluding diaryl/α,β-unsaturated/α-hetero) is 1. The van der Waals surface area contributed by atoms with E-state index in [2.05, 4.69) is 0 Å². The van der Waals surface area contributed by atoms with E-state index < -0.39 is 0 Å². The first-order valence-electron chi connectivity index (χ1n) is 5.86. The summed E-state index contributed by atoms with van der Waals surface area (Å²) in [6.45, 7) is 3.45. The molecule has 4 nitrogen and oxygen atoms in total. The summed E-state index contributed by atoms with van der Waals surface area (Å²) in [4.78, 5) is 12.0. The summed E-state index contributed by atoms with van der Waals surface area (Å²) < 4.78 is 11.1. The number of carbonyl (C=O) groups excluding carboxylic acids is 1. The molecule has 0 aromatic heterocycles. The molecule has 0 spiro atoms. The quantitative estimate of drug-likeness (QED) is 0.809. The maximum atomic E-state index is 12.0. The van der Waals surface area contributed by atoms with Crippen molar-refractivity contribution < 1.29 is 14.3 Å². The van der Waals surface area contributed by atoms with Crippen molar-refractivity contribution in [2.75, 3.05) is 19.8 Å². The zero-order valence-corrected chi connectivity index (χ0v) is 9.94. The number of ketones is 1. The van der Waals surface area contributed by atoms with Crippen LogP contribution >= 0.6 is 0 Å². The molecule has 1 heterocycles. The van der Waals surface area contributed by atoms with Crippen LogP contribution in [0.4, 0.5) is 0 Å². The van der Waals surface area contributed by atoms with Gasteiger partial charge in [-0.2, -0.15) is 0 Å². The van der Waals surface area contributed by atoms with Crippen LogP contribution in [0.1, 0.15) is 23.7 Å². The Morgan fingerprint density at radius 3 is 2.76 bits per heavy atom. The molecular formula is C13H17NO3. The van der Waals surface area contributed by atoms with E-state index in [9.17, 15) is 4.79 Å². The van der Waals surface area contributed by atoms with Crippen LogP contribution in [-0.4, -0.2) is 25.5 Å². The van der Waals surface area contributed by atoms with E-state index in [4.69, 9.17) is 15.2 Å². The number of rotatable bonds is 3. The summed E-state index contributed by atoms with van der Waals surface area (Å²) >= 11 is 0. The normalized spacial score (nSPS) is 16.1. The van der Waals surface area contributed by atoms with E-state index in [0.29, 0.717) is 36.8 Å². The molecule has 0 saturated carbocycles. The van der Waals surface area contributed by atoms with Crippen LogP contribution in [0.5, 0.6) is 11.5 Å². The summed E-state index contributed by atoms with van der Waals surface area (Å²) in [5, 5.41) is 0. The summed E-state index contributed by atoms with van der Waals surface area (Å²) in [5.74, 6) is 1.24. The van der Waals surface area contributed by atoms with Gasteiger partial charge in [0.05, 0.1) is 13.2 Å². The van der Waals surface area contributed by atoms with E-state index >= 15 is 0 Å². The standard InChI is InChI=1S/C13H17NO3/c1-9(8-14)13(15)10-3-4-11-12(7-10)17-6-2-5-16-11/h3-4,7,9H,2,5-6,8,14H2,1H3. The lowest BCUT2D eigenvalue weighted by atomic mass is 9.99. The van der Waals surface area contributed by atoms with E-state index in [1.54, 1.807) is 18.2 Å². The van der Waals surface area contributed by atoms with Crippen molar-refractivity contribution in [3.63, 3.8) is 0 Å². The molecule has 0 aliphatic carbocycles. The molecule has 1 aromatic carbocycles. The molecule has 0 fully saturated rings. The van der Waals surface area contributed by atoms with Crippen molar-refractivity contribution in [2.24, 2.45) is 11.7 Å². The van der Waals surface area contributed by atoms with Gasteiger partial charge in [-0.25, -0.2) is 0 Å². The first kappa shape index (κ1) is 11.9. The van der Waals surface area contributed by atoms with E-state index in [0.717, 1.165) is 6.42 Å². The molecule has 1 aliphatic heterocycles. The molecule has 0 saturated heterocycles. The smallest absolute Gasteiger partial charge is 0.167 e. The maximum absolute atomic E-state index is 12.0. The summed E-state index contributed by atoms with van der Waals surface area (Å²) in [6, 6.07) is 5.30. The summed E-state index contributed by atoms with van der Waals surface area (Å²) in [5.41, 5.74) is 6.13. The third kappa shape index (κ3) is 2.58. The number of fused-ring (bicyclic) bond motifs is 1. The van der Waals surface area contributed by atoms with Crippen LogP contribution in [0.15, 0.2) is 18.2 Å². The van der Waals surface area contributed by atoms with Crippen molar-refractivity contribution in [1.29, 1.82) is 0 Å². The van der Waals surface area contributed by atoms with Gasteiger partial charge in [0, 0.05) is 24.4 Å². The van der Waals surface area contributed by atoms with Crippen molar-refractivity contribution >= 4 is 5.78 Å². The highest BCUT2D eigenvalue weighted by molar-refractivity contribution is 5.98. The number of benzene rings is 1. The Labute approximate surface area is 101 Å². The molecule has 0 radical (unpaired) electrons. The molecule has 2 N–H and O–H groups in total. The monoisotopic (exact) mass is 235 g/mol. The summed E-state index contributed by atoms with van der Waals surface area (Å²) in [7, 11) is 0. The van der Waals surface area contributed by atoms with Gasteiger partial charge < -0.3 is 15.2 Å². The zero-order valence-electron chi connectivity index (χ0n) is 9.94. The van der Waals surface area contributed by atoms with Gasteiger partial charge in [-0.3, -0.25) is 4.79 Å². The molecule has 4 heteroatoms. The molecule has 92 valence electrons. The molecule has 1 aromatic rings. The Balaban J connectivity index is 2.26. The Morgan fingerprint density at radius 2 is 2.06 bits per heavy atom. The minimum absolute atomic E-state index is 0.0446. The van der Waals surface area contributed by atoms with Crippen molar-refractivity contribution in [3.8, 4) is 11.5 Å². The molecule has 2 rings (SSSR count). The van der Waals surface area contributed by atoms with Crippen molar-refractivity contribution in [2.45, 2.75) is 13.3 Å². The third-order valence-corrected chi connectivity index (χ3v) is 2.83. The van der Waals surface area contributed by atoms with Gasteiger partial charge in [0.2, 0.25) is 0 Å². The third-order valence-electron chi connectivity index (χ3n) is 2.83. The molecule has 0 bridgehead atoms. The number of hydrogen-bond donors (Lipinski definition) is 1. The predicted octanol–water partition coefficient (Wildman–Crippen LogP) is 1.63. The maximum Gasteiger partial charge on any atom is 0.167 e. The highest BCUT2D eigenvalue weighted by Gasteiger charge is 2.17. The van der Waals surface area contributed by atoms with Crippen LogP contribution in [0.2, 0.25) is 0 Å². The van der Waals surface area contributed by atoms with Crippen molar-refractivity contribution in [3.05, 3.63) is 23.8 Å². The number of ether oxygens (including phenoxy) is 2. The average Bonchev–Trinajstić information content (AvgIpc) is 2.61. The fraction of sp³-hybridized carbons (Fsp3) is 0.462. The first-order valence-corrected chi connectivity index (χ1v) is 5.86. The van der Waals surface area contributed by atoms with Crippen LogP contribution in [0, 0.1) is 5.92 Å². The average molecular weight is 235 g/mol. The minimum atomic E-state index is -0.167. The second-order valence-electron chi connectivity index (χ2n) is 4.21. The number of hydrogen-bond acceptors (Lipinski definition) is 4. The molecule has 0 amide bonds. The molecule has 1 atom stereocenters. The summed E-state index contributed by atoms with van der Waals surface area (Å²) in [6.07, 6.45) is 0.858. The van der Waals surface area contributed by atoms with Gasteiger partial charge >= 0.3 is 0 Å². The fourth-order valence-corrected chi connectivity index (χ4v) is 1.71. The van der Waals surface area contributed by atoms with E-state index in [1.165, 1.54) is 0 Å². The lowest BCUT2D eigenvalue weighted by molar-refractivity contribution is 0.0934. The number of carbonyl (C=O) groups is 1. The number of nitrogens with two attached hydrogens (primary N) is 1. The van der Waals surface area contributed by atoms with Gasteiger partial charge in [0.1, 0.15) is 0 Å². The van der Waals surface area contributed by atoms with Crippen LogP contribution in [-0.2, 0) is 0 Å². The second-order valence-corrected chi connectivity index (χ2v) is 4.21. The SMILES string of the molecule is CC(CN)C(=O)c1ccc2c(c1)OCCCO2. The molecular weight excluding hydrogens is 218 g/mol. The molecule has 1 aliphatic rings. The zero-order chi connectivity index (χ0) is 12.3. The second kappa shape index (κ2) is 5.19. The Hall–Kier alpha value is -1.55. The van der Waals surface area contributed by atoms with Gasteiger partial charge in [0.25, 0.3) is 0 Å². The lowest BCUT2D eigenvalue weighted by Gasteiger charge is -2.11.